The van der Waals surface area contributed by atoms with E-state index in [0.29, 0.717) is 5.58 Å². The van der Waals surface area contributed by atoms with Crippen molar-refractivity contribution in [1.29, 1.82) is 0 Å². The second-order valence-electron chi connectivity index (χ2n) is 8.61. The number of hydrogen-bond acceptors (Lipinski definition) is 12. The zero-order valence-electron chi connectivity index (χ0n) is 18.5. The summed E-state index contributed by atoms with van der Waals surface area (Å²) < 4.78 is 28.1. The van der Waals surface area contributed by atoms with E-state index in [1.165, 1.54) is 12.1 Å². The van der Waals surface area contributed by atoms with Crippen LogP contribution in [0.5, 0.6) is 5.75 Å². The number of aliphatic hydroxyl groups excluding tert-OH is 4. The summed E-state index contributed by atoms with van der Waals surface area (Å²) in [7, 11) is 0. The molecule has 2 fully saturated rings. The molecule has 0 radical (unpaired) electrons. The zero-order valence-corrected chi connectivity index (χ0v) is 18.5. The van der Waals surface area contributed by atoms with Gasteiger partial charge in [0, 0.05) is 23.9 Å². The average Bonchev–Trinajstić information content (AvgIpc) is 2.80. The molecular formula is C22H30N2O10. The predicted molar refractivity (Wildman–Crippen MR) is 117 cm³/mol. The Hall–Kier alpha value is -2.13. The lowest BCUT2D eigenvalue weighted by Gasteiger charge is -2.45. The molecule has 2 aromatic rings. The van der Waals surface area contributed by atoms with Crippen molar-refractivity contribution in [2.24, 2.45) is 11.5 Å². The molecule has 0 spiro atoms. The van der Waals surface area contributed by atoms with Gasteiger partial charge in [-0.1, -0.05) is 0 Å². The first-order valence-corrected chi connectivity index (χ1v) is 11.0. The van der Waals surface area contributed by atoms with E-state index in [-0.39, 0.29) is 18.8 Å². The monoisotopic (exact) mass is 482 g/mol. The second-order valence-corrected chi connectivity index (χ2v) is 8.61. The highest BCUT2D eigenvalue weighted by Gasteiger charge is 2.48. The highest BCUT2D eigenvalue weighted by molar-refractivity contribution is 5.81. The van der Waals surface area contributed by atoms with Gasteiger partial charge >= 0.3 is 5.63 Å². The maximum Gasteiger partial charge on any atom is 0.336 e. The molecule has 0 saturated carbocycles. The van der Waals surface area contributed by atoms with E-state index in [2.05, 4.69) is 0 Å². The van der Waals surface area contributed by atoms with Gasteiger partial charge in [-0.2, -0.15) is 0 Å². The molecule has 2 saturated heterocycles. The van der Waals surface area contributed by atoms with Crippen LogP contribution in [0.4, 0.5) is 0 Å². The van der Waals surface area contributed by atoms with E-state index in [0.717, 1.165) is 10.9 Å². The minimum Gasteiger partial charge on any atom is -0.463 e. The van der Waals surface area contributed by atoms with Crippen LogP contribution in [0.3, 0.4) is 0 Å². The smallest absolute Gasteiger partial charge is 0.336 e. The molecule has 1 aromatic carbocycles. The van der Waals surface area contributed by atoms with Crippen LogP contribution in [0.1, 0.15) is 12.0 Å². The first-order valence-electron chi connectivity index (χ1n) is 11.0. The first kappa shape index (κ1) is 25.0. The van der Waals surface area contributed by atoms with Crippen LogP contribution in [0.15, 0.2) is 33.5 Å². The van der Waals surface area contributed by atoms with Gasteiger partial charge in [-0.15, -0.1) is 0 Å². The van der Waals surface area contributed by atoms with Gasteiger partial charge in [0.1, 0.15) is 29.6 Å². The maximum atomic E-state index is 11.7. The van der Waals surface area contributed by atoms with E-state index >= 15 is 0 Å². The quantitative estimate of drug-likeness (QED) is 0.249. The molecule has 12 nitrogen and oxygen atoms in total. The average molecular weight is 482 g/mol. The van der Waals surface area contributed by atoms with Crippen LogP contribution in [0.2, 0.25) is 0 Å². The van der Waals surface area contributed by atoms with Gasteiger partial charge in [0.15, 0.2) is 6.29 Å². The van der Waals surface area contributed by atoms with Crippen molar-refractivity contribution < 1.29 is 43.8 Å². The highest BCUT2D eigenvalue weighted by atomic mass is 16.7. The summed E-state index contributed by atoms with van der Waals surface area (Å²) in [5, 5.41) is 41.0. The summed E-state index contributed by atoms with van der Waals surface area (Å²) in [6.45, 7) is 0.887. The van der Waals surface area contributed by atoms with Crippen molar-refractivity contribution in [2.45, 2.75) is 68.5 Å². The molecule has 4 rings (SSSR count). The third-order valence-electron chi connectivity index (χ3n) is 6.16. The molecule has 0 aliphatic carbocycles. The Morgan fingerprint density at radius 3 is 2.53 bits per heavy atom. The maximum absolute atomic E-state index is 11.7. The Labute approximate surface area is 194 Å². The minimum atomic E-state index is -1.36. The number of aryl methyl sites for hydroxylation is 1. The SMILES string of the molecule is Cc1cc(=O)oc2cc(O[C@H]3O[C@H](CO)[C@@H](O[C@@H]4O[C@H](CO)C[C@H](O)[C@H]4N)[C@H](O)[C@H]3N)ccc12. The molecule has 2 aliphatic heterocycles. The van der Waals surface area contributed by atoms with E-state index in [4.69, 9.17) is 34.8 Å². The number of benzene rings is 1. The van der Waals surface area contributed by atoms with E-state index in [1.807, 2.05) is 0 Å². The number of fused-ring (bicyclic) bond motifs is 1. The normalized spacial score (nSPS) is 36.5. The lowest BCUT2D eigenvalue weighted by molar-refractivity contribution is -0.309. The van der Waals surface area contributed by atoms with E-state index in [9.17, 15) is 25.2 Å². The number of ether oxygens (including phenoxy) is 4. The molecule has 9 atom stereocenters. The van der Waals surface area contributed by atoms with Crippen LogP contribution in [0, 0.1) is 6.92 Å². The Balaban J connectivity index is 1.50. The summed E-state index contributed by atoms with van der Waals surface area (Å²) in [5.41, 5.74) is 12.7. The number of hydrogen-bond donors (Lipinski definition) is 6. The lowest BCUT2D eigenvalue weighted by Crippen LogP contribution is -2.66. The van der Waals surface area contributed by atoms with Crippen molar-refractivity contribution in [3.8, 4) is 5.75 Å². The topological polar surface area (TPSA) is 200 Å². The molecule has 12 heteroatoms. The Morgan fingerprint density at radius 1 is 1.06 bits per heavy atom. The van der Waals surface area contributed by atoms with Crippen LogP contribution >= 0.6 is 0 Å². The third-order valence-corrected chi connectivity index (χ3v) is 6.16. The molecule has 3 heterocycles. The third kappa shape index (κ3) is 4.96. The predicted octanol–water partition coefficient (Wildman–Crippen LogP) is -1.93. The summed E-state index contributed by atoms with van der Waals surface area (Å²) >= 11 is 0. The molecule has 0 unspecified atom stereocenters. The van der Waals surface area contributed by atoms with Gasteiger partial charge in [0.05, 0.1) is 37.5 Å². The van der Waals surface area contributed by atoms with Gasteiger partial charge in [0.2, 0.25) is 6.29 Å². The molecule has 8 N–H and O–H groups in total. The molecule has 34 heavy (non-hydrogen) atoms. The number of rotatable bonds is 6. The fraction of sp³-hybridized carbons (Fsp3) is 0.591. The van der Waals surface area contributed by atoms with Crippen LogP contribution in [-0.4, -0.2) is 88.8 Å². The second kappa shape index (κ2) is 10.2. The summed E-state index contributed by atoms with van der Waals surface area (Å²) in [6.07, 6.45) is -7.49. The standard InChI is InChI=1S/C22H30N2O10/c1-9-4-16(28)32-14-6-10(2-3-12(9)14)30-22-18(24)19(29)20(15(8-26)33-22)34-21-17(23)13(27)5-11(7-25)31-21/h2-4,6,11,13,15,17-22,25-27,29H,5,7-8,23-24H2,1H3/t11-,13-,15+,17+,18+,19+,20+,21-,22-/m0/s1. The highest BCUT2D eigenvalue weighted by Crippen LogP contribution is 2.30. The van der Waals surface area contributed by atoms with Crippen molar-refractivity contribution in [1.82, 2.24) is 0 Å². The van der Waals surface area contributed by atoms with Crippen molar-refractivity contribution in [2.75, 3.05) is 13.2 Å². The summed E-state index contributed by atoms with van der Waals surface area (Å²) in [4.78, 5) is 11.7. The zero-order chi connectivity index (χ0) is 24.6. The van der Waals surface area contributed by atoms with E-state index < -0.39 is 67.4 Å². The van der Waals surface area contributed by atoms with Crippen molar-refractivity contribution in [3.63, 3.8) is 0 Å². The first-order chi connectivity index (χ1) is 16.2. The Morgan fingerprint density at radius 2 is 1.82 bits per heavy atom. The van der Waals surface area contributed by atoms with Crippen molar-refractivity contribution >= 4 is 11.0 Å². The van der Waals surface area contributed by atoms with Gasteiger partial charge in [-0.05, 0) is 24.6 Å². The van der Waals surface area contributed by atoms with Crippen LogP contribution in [0.25, 0.3) is 11.0 Å². The molecule has 188 valence electrons. The van der Waals surface area contributed by atoms with Crippen molar-refractivity contribution in [3.05, 3.63) is 40.2 Å². The molecule has 2 aliphatic rings. The molecule has 0 bridgehead atoms. The summed E-state index contributed by atoms with van der Waals surface area (Å²) in [6, 6.07) is 4.19. The fourth-order valence-electron chi connectivity index (χ4n) is 4.21. The van der Waals surface area contributed by atoms with Gasteiger partial charge < -0.3 is 55.3 Å². The molecule has 1 aromatic heterocycles. The van der Waals surface area contributed by atoms with Crippen LogP contribution < -0.4 is 21.8 Å². The van der Waals surface area contributed by atoms with Gasteiger partial charge in [-0.3, -0.25) is 0 Å². The fourth-order valence-corrected chi connectivity index (χ4v) is 4.21. The van der Waals surface area contributed by atoms with Crippen LogP contribution in [-0.2, 0) is 14.2 Å². The van der Waals surface area contributed by atoms with E-state index in [1.54, 1.807) is 19.1 Å². The van der Waals surface area contributed by atoms with Gasteiger partial charge in [0.25, 0.3) is 0 Å². The molecule has 0 amide bonds. The largest absolute Gasteiger partial charge is 0.463 e. The number of nitrogens with two attached hydrogens (primary N) is 2. The summed E-state index contributed by atoms with van der Waals surface area (Å²) in [5.74, 6) is 0.275. The number of aliphatic hydroxyl groups is 4. The van der Waals surface area contributed by atoms with Gasteiger partial charge in [-0.25, -0.2) is 4.79 Å². The minimum absolute atomic E-state index is 0.130. The lowest BCUT2D eigenvalue weighted by atomic mass is 9.96. The Bertz CT molecular complexity index is 1050. The molecular weight excluding hydrogens is 452 g/mol. The Kier molecular flexibility index (Phi) is 7.52.